The van der Waals surface area contributed by atoms with E-state index in [1.807, 2.05) is 23.7 Å². The molecule has 3 aliphatic rings. The van der Waals surface area contributed by atoms with Gasteiger partial charge < -0.3 is 4.74 Å². The lowest BCUT2D eigenvalue weighted by molar-refractivity contribution is -0.148. The average Bonchev–Trinajstić information content (AvgIpc) is 3.06. The molecule has 6 heteroatoms. The lowest BCUT2D eigenvalue weighted by atomic mass is 9.85. The van der Waals surface area contributed by atoms with Crippen molar-refractivity contribution >= 4 is 5.97 Å². The van der Waals surface area contributed by atoms with Gasteiger partial charge in [0.15, 0.2) is 11.6 Å². The Hall–Kier alpha value is -2.24. The minimum Gasteiger partial charge on any atom is -0.458 e. The van der Waals surface area contributed by atoms with Gasteiger partial charge in [0.1, 0.15) is 11.4 Å². The number of rotatable bonds is 3. The summed E-state index contributed by atoms with van der Waals surface area (Å²) in [5, 5.41) is 4.80. The van der Waals surface area contributed by atoms with Gasteiger partial charge in [-0.3, -0.25) is 4.79 Å². The van der Waals surface area contributed by atoms with E-state index in [0.717, 1.165) is 61.6 Å². The van der Waals surface area contributed by atoms with Crippen molar-refractivity contribution in [1.29, 1.82) is 0 Å². The molecule has 1 saturated heterocycles. The van der Waals surface area contributed by atoms with Crippen LogP contribution in [-0.4, -0.2) is 31.3 Å². The van der Waals surface area contributed by atoms with Crippen molar-refractivity contribution in [1.82, 2.24) is 19.7 Å². The van der Waals surface area contributed by atoms with E-state index in [0.29, 0.717) is 12.3 Å². The summed E-state index contributed by atoms with van der Waals surface area (Å²) in [6.45, 7) is 2.03. The first kappa shape index (κ1) is 15.0. The van der Waals surface area contributed by atoms with Crippen LogP contribution >= 0.6 is 0 Å². The fraction of sp³-hybridized carbons (Fsp3) is 0.579. The number of pyridine rings is 1. The molecule has 3 fully saturated rings. The largest absolute Gasteiger partial charge is 0.458 e. The molecule has 25 heavy (non-hydrogen) atoms. The number of aryl methyl sites for hydroxylation is 1. The Balaban J connectivity index is 1.65. The lowest BCUT2D eigenvalue weighted by Crippen LogP contribution is -2.32. The van der Waals surface area contributed by atoms with E-state index in [4.69, 9.17) is 14.8 Å². The maximum atomic E-state index is 12.2. The van der Waals surface area contributed by atoms with E-state index >= 15 is 0 Å². The molecule has 1 unspecified atom stereocenters. The SMILES string of the molecule is Cc1cccnc1-n1nc(C2CC2)nc1C1CC(=O)OC12CCCC2. The van der Waals surface area contributed by atoms with Crippen LogP contribution in [0.2, 0.25) is 0 Å². The predicted octanol–water partition coefficient (Wildman–Crippen LogP) is 3.19. The van der Waals surface area contributed by atoms with E-state index < -0.39 is 0 Å². The van der Waals surface area contributed by atoms with Crippen molar-refractivity contribution in [3.63, 3.8) is 0 Å². The minimum atomic E-state index is -0.384. The Morgan fingerprint density at radius 2 is 2.08 bits per heavy atom. The Morgan fingerprint density at radius 1 is 1.28 bits per heavy atom. The number of ether oxygens (including phenoxy) is 1. The van der Waals surface area contributed by atoms with Gasteiger partial charge in [0.25, 0.3) is 0 Å². The molecule has 2 aliphatic carbocycles. The topological polar surface area (TPSA) is 69.9 Å². The Bertz CT molecular complexity index is 834. The first-order valence-corrected chi connectivity index (χ1v) is 9.27. The van der Waals surface area contributed by atoms with Crippen molar-refractivity contribution < 1.29 is 9.53 Å². The third-order valence-corrected chi connectivity index (χ3v) is 5.86. The first-order chi connectivity index (χ1) is 12.2. The van der Waals surface area contributed by atoms with Crippen LogP contribution in [0.4, 0.5) is 0 Å². The van der Waals surface area contributed by atoms with Gasteiger partial charge in [-0.1, -0.05) is 6.07 Å². The summed E-state index contributed by atoms with van der Waals surface area (Å²) < 4.78 is 7.73. The zero-order valence-corrected chi connectivity index (χ0v) is 14.4. The van der Waals surface area contributed by atoms with Crippen molar-refractivity contribution in [3.05, 3.63) is 35.5 Å². The Labute approximate surface area is 146 Å². The number of hydrogen-bond donors (Lipinski definition) is 0. The highest BCUT2D eigenvalue weighted by Crippen LogP contribution is 2.50. The maximum absolute atomic E-state index is 12.2. The normalized spacial score (nSPS) is 24.8. The summed E-state index contributed by atoms with van der Waals surface area (Å²) in [7, 11) is 0. The summed E-state index contributed by atoms with van der Waals surface area (Å²) in [5.41, 5.74) is 0.674. The summed E-state index contributed by atoms with van der Waals surface area (Å²) in [5.74, 6) is 2.89. The zero-order valence-electron chi connectivity index (χ0n) is 14.4. The summed E-state index contributed by atoms with van der Waals surface area (Å²) in [6, 6.07) is 3.96. The quantitative estimate of drug-likeness (QED) is 0.804. The first-order valence-electron chi connectivity index (χ1n) is 9.27. The summed E-state index contributed by atoms with van der Waals surface area (Å²) in [6.07, 6.45) is 8.55. The smallest absolute Gasteiger partial charge is 0.307 e. The second kappa shape index (κ2) is 5.38. The van der Waals surface area contributed by atoms with Crippen LogP contribution in [0.5, 0.6) is 0 Å². The highest BCUT2D eigenvalue weighted by molar-refractivity contribution is 5.74. The third-order valence-electron chi connectivity index (χ3n) is 5.86. The molecule has 0 bridgehead atoms. The summed E-state index contributed by atoms with van der Waals surface area (Å²) in [4.78, 5) is 21.6. The number of hydrogen-bond acceptors (Lipinski definition) is 5. The molecule has 1 atom stereocenters. The molecule has 130 valence electrons. The fourth-order valence-corrected chi connectivity index (χ4v) is 4.38. The van der Waals surface area contributed by atoms with E-state index in [-0.39, 0.29) is 17.5 Å². The molecular weight excluding hydrogens is 316 g/mol. The van der Waals surface area contributed by atoms with Gasteiger partial charge in [-0.15, -0.1) is 5.10 Å². The monoisotopic (exact) mass is 338 g/mol. The molecule has 2 aromatic heterocycles. The van der Waals surface area contributed by atoms with Crippen molar-refractivity contribution in [3.8, 4) is 5.82 Å². The number of aromatic nitrogens is 4. The lowest BCUT2D eigenvalue weighted by Gasteiger charge is -2.28. The molecular formula is C19H22N4O2. The van der Waals surface area contributed by atoms with Crippen LogP contribution in [0.1, 0.15) is 74.0 Å². The number of carbonyl (C=O) groups is 1. The second-order valence-electron chi connectivity index (χ2n) is 7.66. The minimum absolute atomic E-state index is 0.0242. The number of esters is 1. The Morgan fingerprint density at radius 3 is 2.80 bits per heavy atom. The zero-order chi connectivity index (χ0) is 17.0. The van der Waals surface area contributed by atoms with Gasteiger partial charge in [0.05, 0.1) is 12.3 Å². The highest BCUT2D eigenvalue weighted by Gasteiger charge is 2.53. The van der Waals surface area contributed by atoms with Crippen LogP contribution < -0.4 is 0 Å². The number of nitrogens with zero attached hydrogens (tertiary/aromatic N) is 4. The number of carbonyl (C=O) groups excluding carboxylic acids is 1. The van der Waals surface area contributed by atoms with E-state index in [9.17, 15) is 4.79 Å². The molecule has 2 saturated carbocycles. The highest BCUT2D eigenvalue weighted by atomic mass is 16.6. The molecule has 1 spiro atoms. The molecule has 2 aromatic rings. The van der Waals surface area contributed by atoms with Gasteiger partial charge in [-0.2, -0.15) is 4.68 Å². The van der Waals surface area contributed by atoms with Gasteiger partial charge in [-0.05, 0) is 57.1 Å². The summed E-state index contributed by atoms with van der Waals surface area (Å²) >= 11 is 0. The van der Waals surface area contributed by atoms with Crippen molar-refractivity contribution in [2.45, 2.75) is 69.3 Å². The molecule has 0 N–H and O–H groups in total. The average molecular weight is 338 g/mol. The Kier molecular flexibility index (Phi) is 3.24. The molecule has 0 aromatic carbocycles. The van der Waals surface area contributed by atoms with Crippen LogP contribution in [0.25, 0.3) is 5.82 Å². The van der Waals surface area contributed by atoms with Crippen LogP contribution in [0.3, 0.4) is 0 Å². The molecule has 6 nitrogen and oxygen atoms in total. The molecule has 0 amide bonds. The van der Waals surface area contributed by atoms with Crippen LogP contribution in [-0.2, 0) is 9.53 Å². The van der Waals surface area contributed by atoms with Gasteiger partial charge in [0.2, 0.25) is 0 Å². The second-order valence-corrected chi connectivity index (χ2v) is 7.66. The molecule has 3 heterocycles. The molecule has 0 radical (unpaired) electrons. The van der Waals surface area contributed by atoms with E-state index in [1.165, 1.54) is 0 Å². The van der Waals surface area contributed by atoms with Gasteiger partial charge in [-0.25, -0.2) is 9.97 Å². The third kappa shape index (κ3) is 2.38. The maximum Gasteiger partial charge on any atom is 0.307 e. The van der Waals surface area contributed by atoms with E-state index in [2.05, 4.69) is 4.98 Å². The van der Waals surface area contributed by atoms with E-state index in [1.54, 1.807) is 6.20 Å². The van der Waals surface area contributed by atoms with Crippen LogP contribution in [0.15, 0.2) is 18.3 Å². The van der Waals surface area contributed by atoms with Crippen molar-refractivity contribution in [2.75, 3.05) is 0 Å². The fourth-order valence-electron chi connectivity index (χ4n) is 4.38. The van der Waals surface area contributed by atoms with Gasteiger partial charge in [0, 0.05) is 12.1 Å². The predicted molar refractivity (Wildman–Crippen MR) is 90.5 cm³/mol. The van der Waals surface area contributed by atoms with Crippen molar-refractivity contribution in [2.24, 2.45) is 0 Å². The van der Waals surface area contributed by atoms with Crippen LogP contribution in [0, 0.1) is 6.92 Å². The standard InChI is InChI=1S/C19H22N4O2/c1-12-5-4-10-20-17(12)23-18(21-16(22-23)13-6-7-13)14-11-15(24)25-19(14)8-2-3-9-19/h4-5,10,13-14H,2-3,6-9,11H2,1H3. The molecule has 5 rings (SSSR count). The van der Waals surface area contributed by atoms with Gasteiger partial charge >= 0.3 is 5.97 Å². The molecule has 1 aliphatic heterocycles.